The normalized spacial score (nSPS) is 16.8. The van der Waals surface area contributed by atoms with Gasteiger partial charge in [0, 0.05) is 5.02 Å². The number of halogens is 1. The van der Waals surface area contributed by atoms with E-state index in [0.29, 0.717) is 0 Å². The first-order chi connectivity index (χ1) is 9.56. The van der Waals surface area contributed by atoms with Gasteiger partial charge in [-0.25, -0.2) is 0 Å². The van der Waals surface area contributed by atoms with Crippen molar-refractivity contribution in [2.75, 3.05) is 13.1 Å². The van der Waals surface area contributed by atoms with Crippen molar-refractivity contribution < 1.29 is 4.74 Å². The first-order valence-corrected chi connectivity index (χ1v) is 8.10. The van der Waals surface area contributed by atoms with E-state index < -0.39 is 0 Å². The lowest BCUT2D eigenvalue weighted by Crippen LogP contribution is -2.45. The summed E-state index contributed by atoms with van der Waals surface area (Å²) in [5.74, 6) is 1.03. The summed E-state index contributed by atoms with van der Waals surface area (Å²) in [6.07, 6.45) is 5.89. The monoisotopic (exact) mass is 295 g/mol. The highest BCUT2D eigenvalue weighted by Crippen LogP contribution is 2.41. The number of rotatable bonds is 7. The minimum absolute atomic E-state index is 0.0457. The van der Waals surface area contributed by atoms with Gasteiger partial charge in [-0.1, -0.05) is 18.5 Å². The van der Waals surface area contributed by atoms with E-state index >= 15 is 0 Å². The lowest BCUT2D eigenvalue weighted by molar-refractivity contribution is -0.0152. The highest BCUT2D eigenvalue weighted by atomic mass is 35.5. The number of benzene rings is 1. The van der Waals surface area contributed by atoms with E-state index in [2.05, 4.69) is 26.1 Å². The predicted octanol–water partition coefficient (Wildman–Crippen LogP) is 4.65. The van der Waals surface area contributed by atoms with Gasteiger partial charge in [-0.2, -0.15) is 0 Å². The number of nitrogens with one attached hydrogen (secondary N) is 1. The van der Waals surface area contributed by atoms with Crippen molar-refractivity contribution >= 4 is 11.6 Å². The molecule has 0 aromatic heterocycles. The molecule has 0 saturated heterocycles. The maximum atomic E-state index is 6.44. The molecule has 0 spiro atoms. The highest BCUT2D eigenvalue weighted by Gasteiger charge is 2.39. The Labute approximate surface area is 127 Å². The highest BCUT2D eigenvalue weighted by molar-refractivity contribution is 6.30. The van der Waals surface area contributed by atoms with E-state index in [-0.39, 0.29) is 5.60 Å². The fraction of sp³-hybridized carbons (Fsp3) is 0.647. The fourth-order valence-corrected chi connectivity index (χ4v) is 3.19. The average molecular weight is 296 g/mol. The van der Waals surface area contributed by atoms with E-state index in [1.54, 1.807) is 0 Å². The van der Waals surface area contributed by atoms with Gasteiger partial charge in [-0.15, -0.1) is 0 Å². The third kappa shape index (κ3) is 3.67. The Balaban J connectivity index is 2.03. The van der Waals surface area contributed by atoms with E-state index in [1.165, 1.54) is 25.7 Å². The molecule has 20 heavy (non-hydrogen) atoms. The second-order valence-electron chi connectivity index (χ2n) is 6.01. The van der Waals surface area contributed by atoms with Crippen LogP contribution in [0.1, 0.15) is 50.2 Å². The summed E-state index contributed by atoms with van der Waals surface area (Å²) in [5.41, 5.74) is 2.33. The Kier molecular flexibility index (Phi) is 5.34. The Bertz CT molecular complexity index is 431. The summed E-state index contributed by atoms with van der Waals surface area (Å²) >= 11 is 6.09. The molecule has 1 fully saturated rings. The van der Waals surface area contributed by atoms with Crippen LogP contribution in [0, 0.1) is 13.8 Å². The smallest absolute Gasteiger partial charge is 0.126 e. The quantitative estimate of drug-likeness (QED) is 0.739. The SMILES string of the molecule is CCCNCCC1(Oc2c(C)cc(Cl)cc2C)CCC1. The summed E-state index contributed by atoms with van der Waals surface area (Å²) in [6.45, 7) is 8.49. The molecule has 1 aliphatic rings. The molecule has 0 unspecified atom stereocenters. The van der Waals surface area contributed by atoms with Crippen molar-refractivity contribution in [3.05, 3.63) is 28.3 Å². The zero-order chi connectivity index (χ0) is 14.6. The summed E-state index contributed by atoms with van der Waals surface area (Å²) in [7, 11) is 0. The second-order valence-corrected chi connectivity index (χ2v) is 6.44. The van der Waals surface area contributed by atoms with E-state index in [9.17, 15) is 0 Å². The fourth-order valence-electron chi connectivity index (χ4n) is 2.87. The van der Waals surface area contributed by atoms with Gasteiger partial charge in [-0.3, -0.25) is 0 Å². The molecule has 2 rings (SSSR count). The standard InChI is InChI=1S/C17H26ClNO/c1-4-9-19-10-8-17(6-5-7-17)20-16-13(2)11-15(18)12-14(16)3/h11-12,19H,4-10H2,1-3H3. The van der Waals surface area contributed by atoms with Gasteiger partial charge in [0.05, 0.1) is 0 Å². The lowest BCUT2D eigenvalue weighted by atomic mass is 9.77. The first-order valence-electron chi connectivity index (χ1n) is 7.73. The van der Waals surface area contributed by atoms with Crippen LogP contribution in [-0.4, -0.2) is 18.7 Å². The largest absolute Gasteiger partial charge is 0.487 e. The van der Waals surface area contributed by atoms with E-state index in [4.69, 9.17) is 16.3 Å². The molecule has 1 aromatic carbocycles. The van der Waals surface area contributed by atoms with E-state index in [1.807, 2.05) is 12.1 Å². The van der Waals surface area contributed by atoms with Crippen molar-refractivity contribution in [2.45, 2.75) is 58.5 Å². The van der Waals surface area contributed by atoms with Gasteiger partial charge >= 0.3 is 0 Å². The molecule has 0 bridgehead atoms. The van der Waals surface area contributed by atoms with Gasteiger partial charge in [0.25, 0.3) is 0 Å². The molecular weight excluding hydrogens is 270 g/mol. The third-order valence-corrected chi connectivity index (χ3v) is 4.41. The van der Waals surface area contributed by atoms with Crippen LogP contribution >= 0.6 is 11.6 Å². The molecule has 1 aliphatic carbocycles. The maximum absolute atomic E-state index is 6.44. The molecule has 0 radical (unpaired) electrons. The number of hydrogen-bond acceptors (Lipinski definition) is 2. The molecule has 1 aromatic rings. The van der Waals surface area contributed by atoms with Crippen molar-refractivity contribution in [3.63, 3.8) is 0 Å². The molecule has 0 amide bonds. The molecule has 0 atom stereocenters. The number of ether oxygens (including phenoxy) is 1. The van der Waals surface area contributed by atoms with Crippen molar-refractivity contribution in [1.82, 2.24) is 5.32 Å². The zero-order valence-corrected chi connectivity index (χ0v) is 13.6. The van der Waals surface area contributed by atoms with Gasteiger partial charge in [0.15, 0.2) is 0 Å². The van der Waals surface area contributed by atoms with Gasteiger partial charge < -0.3 is 10.1 Å². The third-order valence-electron chi connectivity index (χ3n) is 4.19. The van der Waals surface area contributed by atoms with Crippen LogP contribution in [0.5, 0.6) is 5.75 Å². The first kappa shape index (κ1) is 15.7. The number of aryl methyl sites for hydroxylation is 2. The van der Waals surface area contributed by atoms with Gasteiger partial charge in [0.2, 0.25) is 0 Å². The van der Waals surface area contributed by atoms with Gasteiger partial charge in [0.1, 0.15) is 11.4 Å². The van der Waals surface area contributed by atoms with Crippen LogP contribution in [0.2, 0.25) is 5.02 Å². The molecule has 0 heterocycles. The Morgan fingerprint density at radius 1 is 1.20 bits per heavy atom. The van der Waals surface area contributed by atoms with E-state index in [0.717, 1.165) is 41.4 Å². The minimum atomic E-state index is 0.0457. The van der Waals surface area contributed by atoms with Crippen molar-refractivity contribution in [3.8, 4) is 5.75 Å². The summed E-state index contributed by atoms with van der Waals surface area (Å²) in [6, 6.07) is 3.98. The Morgan fingerprint density at radius 3 is 2.35 bits per heavy atom. The van der Waals surface area contributed by atoms with Crippen LogP contribution in [0.25, 0.3) is 0 Å². The predicted molar refractivity (Wildman–Crippen MR) is 85.9 cm³/mol. The van der Waals surface area contributed by atoms with Crippen LogP contribution < -0.4 is 10.1 Å². The van der Waals surface area contributed by atoms with Gasteiger partial charge in [-0.05, 0) is 82.3 Å². The van der Waals surface area contributed by atoms with Crippen LogP contribution in [0.15, 0.2) is 12.1 Å². The molecule has 1 N–H and O–H groups in total. The molecule has 112 valence electrons. The van der Waals surface area contributed by atoms with Crippen molar-refractivity contribution in [2.24, 2.45) is 0 Å². The van der Waals surface area contributed by atoms with Crippen molar-refractivity contribution in [1.29, 1.82) is 0 Å². The molecule has 2 nitrogen and oxygen atoms in total. The van der Waals surface area contributed by atoms with Crippen LogP contribution in [0.4, 0.5) is 0 Å². The number of hydrogen-bond donors (Lipinski definition) is 1. The Morgan fingerprint density at radius 2 is 1.85 bits per heavy atom. The molecule has 3 heteroatoms. The maximum Gasteiger partial charge on any atom is 0.126 e. The molecular formula is C17H26ClNO. The minimum Gasteiger partial charge on any atom is -0.487 e. The lowest BCUT2D eigenvalue weighted by Gasteiger charge is -2.43. The second kappa shape index (κ2) is 6.82. The summed E-state index contributed by atoms with van der Waals surface area (Å²) in [4.78, 5) is 0. The zero-order valence-electron chi connectivity index (χ0n) is 12.9. The Hall–Kier alpha value is -0.730. The topological polar surface area (TPSA) is 21.3 Å². The average Bonchev–Trinajstić information content (AvgIpc) is 2.34. The summed E-state index contributed by atoms with van der Waals surface area (Å²) in [5, 5.41) is 4.27. The molecule has 1 saturated carbocycles. The molecule has 0 aliphatic heterocycles. The summed E-state index contributed by atoms with van der Waals surface area (Å²) < 4.78 is 6.44. The van der Waals surface area contributed by atoms with Crippen LogP contribution in [0.3, 0.4) is 0 Å². The van der Waals surface area contributed by atoms with Crippen LogP contribution in [-0.2, 0) is 0 Å².